The van der Waals surface area contributed by atoms with Gasteiger partial charge in [0.15, 0.2) is 0 Å². The number of nitrogens with zero attached hydrogens (tertiary/aromatic N) is 3. The largest absolute Gasteiger partial charge is 0.305 e. The van der Waals surface area contributed by atoms with Gasteiger partial charge in [-0.25, -0.2) is 15.0 Å². The van der Waals surface area contributed by atoms with Gasteiger partial charge in [0.05, 0.1) is 0 Å². The molecule has 0 aliphatic rings. The molecule has 0 spiro atoms. The number of aromatic nitrogens is 3. The maximum Gasteiger partial charge on any atom is 0.275 e. The quantitative estimate of drug-likeness (QED) is 0.679. The predicted molar refractivity (Wildman–Crippen MR) is 69.0 cm³/mol. The van der Waals surface area contributed by atoms with E-state index in [4.69, 9.17) is 23.2 Å². The Morgan fingerprint density at radius 3 is 2.67 bits per heavy atom. The smallest absolute Gasteiger partial charge is 0.275 e. The van der Waals surface area contributed by atoms with Crippen LogP contribution >= 0.6 is 23.2 Å². The van der Waals surface area contributed by atoms with Crippen molar-refractivity contribution in [3.05, 3.63) is 46.1 Å². The Hall–Kier alpha value is -1.72. The lowest BCUT2D eigenvalue weighted by Gasteiger charge is -2.04. The van der Waals surface area contributed by atoms with Crippen LogP contribution in [-0.4, -0.2) is 20.9 Å². The average molecular weight is 283 g/mol. The van der Waals surface area contributed by atoms with Crippen LogP contribution in [-0.2, 0) is 0 Å². The van der Waals surface area contributed by atoms with Crippen molar-refractivity contribution in [2.75, 3.05) is 5.32 Å². The molecule has 0 saturated heterocycles. The number of pyridine rings is 1. The number of hydrogen-bond acceptors (Lipinski definition) is 4. The molecule has 0 saturated carbocycles. The predicted octanol–water partition coefficient (Wildman–Crippen LogP) is 2.74. The summed E-state index contributed by atoms with van der Waals surface area (Å²) in [6.45, 7) is 1.72. The molecule has 0 bridgehead atoms. The summed E-state index contributed by atoms with van der Waals surface area (Å²) < 4.78 is 0. The molecule has 1 N–H and O–H groups in total. The van der Waals surface area contributed by atoms with Gasteiger partial charge in [-0.3, -0.25) is 4.79 Å². The van der Waals surface area contributed by atoms with E-state index >= 15 is 0 Å². The molecule has 0 unspecified atom stereocenters. The number of amides is 1. The van der Waals surface area contributed by atoms with Crippen molar-refractivity contribution in [3.63, 3.8) is 0 Å². The maximum absolute atomic E-state index is 11.9. The van der Waals surface area contributed by atoms with E-state index in [1.54, 1.807) is 25.1 Å². The van der Waals surface area contributed by atoms with E-state index in [1.165, 1.54) is 6.07 Å². The molecular weight excluding hydrogens is 275 g/mol. The fourth-order valence-corrected chi connectivity index (χ4v) is 1.70. The molecule has 92 valence electrons. The van der Waals surface area contributed by atoms with Crippen LogP contribution in [0.5, 0.6) is 0 Å². The molecule has 2 aromatic heterocycles. The zero-order valence-electron chi connectivity index (χ0n) is 9.32. The summed E-state index contributed by atoms with van der Waals surface area (Å²) in [6.07, 6.45) is 0. The van der Waals surface area contributed by atoms with E-state index in [2.05, 4.69) is 20.3 Å². The summed E-state index contributed by atoms with van der Waals surface area (Å²) in [5.41, 5.74) is 0.786. The third-order valence-electron chi connectivity index (χ3n) is 2.02. The second-order valence-corrected chi connectivity index (χ2v) is 4.19. The topological polar surface area (TPSA) is 67.8 Å². The third kappa shape index (κ3) is 3.15. The first-order chi connectivity index (χ1) is 8.54. The molecular formula is C11H8Cl2N4O. The summed E-state index contributed by atoms with van der Waals surface area (Å²) in [6, 6.07) is 6.46. The Balaban J connectivity index is 2.22. The van der Waals surface area contributed by atoms with Crippen LogP contribution in [0.2, 0.25) is 10.4 Å². The van der Waals surface area contributed by atoms with Crippen molar-refractivity contribution < 1.29 is 4.79 Å². The van der Waals surface area contributed by atoms with E-state index in [0.717, 1.165) is 0 Å². The van der Waals surface area contributed by atoms with Gasteiger partial charge in [-0.1, -0.05) is 17.7 Å². The summed E-state index contributed by atoms with van der Waals surface area (Å²) in [4.78, 5) is 23.5. The van der Waals surface area contributed by atoms with Gasteiger partial charge in [-0.2, -0.15) is 0 Å². The Morgan fingerprint density at radius 2 is 2.00 bits per heavy atom. The van der Waals surface area contributed by atoms with E-state index in [9.17, 15) is 4.79 Å². The molecule has 5 nitrogen and oxygen atoms in total. The number of halogens is 2. The minimum Gasteiger partial charge on any atom is -0.305 e. The van der Waals surface area contributed by atoms with Gasteiger partial charge in [0.25, 0.3) is 5.91 Å². The summed E-state index contributed by atoms with van der Waals surface area (Å²) in [7, 11) is 0. The van der Waals surface area contributed by atoms with E-state index in [-0.39, 0.29) is 11.0 Å². The van der Waals surface area contributed by atoms with Crippen molar-refractivity contribution in [2.45, 2.75) is 6.92 Å². The first-order valence-corrected chi connectivity index (χ1v) is 5.75. The molecule has 2 aromatic rings. The van der Waals surface area contributed by atoms with Crippen molar-refractivity contribution in [1.82, 2.24) is 15.0 Å². The number of carbonyl (C=O) groups is 1. The van der Waals surface area contributed by atoms with Crippen LogP contribution in [0.4, 0.5) is 5.82 Å². The highest BCUT2D eigenvalue weighted by Gasteiger charge is 2.10. The fraction of sp³-hybridized carbons (Fsp3) is 0.0909. The van der Waals surface area contributed by atoms with E-state index in [0.29, 0.717) is 16.7 Å². The molecule has 2 heterocycles. The molecule has 7 heteroatoms. The molecule has 0 aliphatic carbocycles. The van der Waals surface area contributed by atoms with Crippen molar-refractivity contribution in [3.8, 4) is 0 Å². The monoisotopic (exact) mass is 282 g/mol. The molecule has 0 aliphatic heterocycles. The Bertz CT molecular complexity index is 583. The molecule has 0 radical (unpaired) electrons. The number of rotatable bonds is 2. The van der Waals surface area contributed by atoms with Crippen LogP contribution in [0.15, 0.2) is 24.3 Å². The maximum atomic E-state index is 11.9. The molecule has 0 aromatic carbocycles. The molecule has 0 atom stereocenters. The van der Waals surface area contributed by atoms with Crippen LogP contribution in [0.3, 0.4) is 0 Å². The Kier molecular flexibility index (Phi) is 3.74. The van der Waals surface area contributed by atoms with Crippen molar-refractivity contribution in [1.29, 1.82) is 0 Å². The van der Waals surface area contributed by atoms with Crippen LogP contribution in [0.1, 0.15) is 16.2 Å². The average Bonchev–Trinajstić information content (AvgIpc) is 2.27. The van der Waals surface area contributed by atoms with Crippen molar-refractivity contribution >= 4 is 34.9 Å². The van der Waals surface area contributed by atoms with E-state index < -0.39 is 5.91 Å². The minimum absolute atomic E-state index is 0.0270. The molecule has 1 amide bonds. The second kappa shape index (κ2) is 5.29. The van der Waals surface area contributed by atoms with E-state index in [1.807, 2.05) is 0 Å². The molecule has 18 heavy (non-hydrogen) atoms. The fourth-order valence-electron chi connectivity index (χ4n) is 1.31. The number of hydrogen-bond donors (Lipinski definition) is 1. The number of nitrogens with one attached hydrogen (secondary N) is 1. The highest BCUT2D eigenvalue weighted by atomic mass is 35.5. The van der Waals surface area contributed by atoms with Gasteiger partial charge < -0.3 is 5.32 Å². The van der Waals surface area contributed by atoms with Gasteiger partial charge in [0.2, 0.25) is 5.28 Å². The minimum atomic E-state index is -0.419. The third-order valence-corrected chi connectivity index (χ3v) is 2.40. The second-order valence-electron chi connectivity index (χ2n) is 3.46. The SMILES string of the molecule is Cc1cc(C(=O)Nc2cccc(Cl)n2)nc(Cl)n1. The van der Waals surface area contributed by atoms with Gasteiger partial charge >= 0.3 is 0 Å². The normalized spacial score (nSPS) is 10.2. The van der Waals surface area contributed by atoms with Crippen molar-refractivity contribution in [2.24, 2.45) is 0 Å². The van der Waals surface area contributed by atoms with Crippen LogP contribution in [0, 0.1) is 6.92 Å². The first-order valence-electron chi connectivity index (χ1n) is 5.00. The Morgan fingerprint density at radius 1 is 1.22 bits per heavy atom. The number of aryl methyl sites for hydroxylation is 1. The lowest BCUT2D eigenvalue weighted by atomic mass is 10.3. The highest BCUT2D eigenvalue weighted by Crippen LogP contribution is 2.11. The van der Waals surface area contributed by atoms with Crippen LogP contribution in [0.25, 0.3) is 0 Å². The molecule has 0 fully saturated rings. The molecule has 2 rings (SSSR count). The first kappa shape index (κ1) is 12.7. The van der Waals surface area contributed by atoms with Gasteiger partial charge in [0, 0.05) is 5.69 Å². The standard InChI is InChI=1S/C11H8Cl2N4O/c1-6-5-7(15-11(13)14-6)10(18)17-9-4-2-3-8(12)16-9/h2-5H,1H3,(H,16,17,18). The zero-order chi connectivity index (χ0) is 13.1. The van der Waals surface area contributed by atoms with Gasteiger partial charge in [-0.05, 0) is 36.7 Å². The lowest BCUT2D eigenvalue weighted by molar-refractivity contribution is 0.102. The summed E-state index contributed by atoms with van der Waals surface area (Å²) >= 11 is 11.4. The number of anilines is 1. The lowest BCUT2D eigenvalue weighted by Crippen LogP contribution is -2.15. The highest BCUT2D eigenvalue weighted by molar-refractivity contribution is 6.29. The van der Waals surface area contributed by atoms with Crippen LogP contribution < -0.4 is 5.32 Å². The van der Waals surface area contributed by atoms with Gasteiger partial charge in [-0.15, -0.1) is 0 Å². The number of carbonyl (C=O) groups excluding carboxylic acids is 1. The summed E-state index contributed by atoms with van der Waals surface area (Å²) in [5, 5.41) is 2.89. The Labute approximate surface area is 113 Å². The zero-order valence-corrected chi connectivity index (χ0v) is 10.8. The summed E-state index contributed by atoms with van der Waals surface area (Å²) in [5.74, 6) is -0.0722. The van der Waals surface area contributed by atoms with Gasteiger partial charge in [0.1, 0.15) is 16.7 Å².